The number of rotatable bonds is 5. The lowest BCUT2D eigenvalue weighted by Crippen LogP contribution is -2.27. The lowest BCUT2D eigenvalue weighted by Gasteiger charge is -2.26. The van der Waals surface area contributed by atoms with Crippen molar-refractivity contribution in [2.75, 3.05) is 11.9 Å². The second kappa shape index (κ2) is 9.96. The zero-order valence-electron chi connectivity index (χ0n) is 21.6. The Balaban J connectivity index is 1.37. The maximum Gasteiger partial charge on any atom is 0.412 e. The van der Waals surface area contributed by atoms with Crippen molar-refractivity contribution in [2.24, 2.45) is 7.05 Å². The van der Waals surface area contributed by atoms with Crippen LogP contribution in [0, 0.1) is 6.92 Å². The maximum atomic E-state index is 13.5. The molecule has 3 aromatic heterocycles. The van der Waals surface area contributed by atoms with Crippen LogP contribution in [0.4, 0.5) is 10.5 Å². The van der Waals surface area contributed by atoms with E-state index in [1.165, 1.54) is 14.5 Å². The maximum absolute atomic E-state index is 13.5. The molecule has 9 nitrogen and oxygen atoms in total. The first kappa shape index (κ1) is 25.5. The van der Waals surface area contributed by atoms with Gasteiger partial charge in [0, 0.05) is 30.4 Å². The average Bonchev–Trinajstić information content (AvgIpc) is 3.35. The molecule has 4 aromatic rings. The van der Waals surface area contributed by atoms with Crippen molar-refractivity contribution < 1.29 is 9.53 Å². The highest BCUT2D eigenvalue weighted by atomic mass is 32.2. The van der Waals surface area contributed by atoms with E-state index in [1.54, 1.807) is 29.4 Å². The first-order valence-electron chi connectivity index (χ1n) is 12.1. The molecule has 0 aliphatic carbocycles. The molecule has 11 heteroatoms. The summed E-state index contributed by atoms with van der Waals surface area (Å²) in [5.74, 6) is 0. The van der Waals surface area contributed by atoms with Crippen molar-refractivity contribution in [3.63, 3.8) is 0 Å². The Hall–Kier alpha value is -3.15. The molecule has 0 unspecified atom stereocenters. The first-order valence-corrected chi connectivity index (χ1v) is 13.7. The summed E-state index contributed by atoms with van der Waals surface area (Å²) in [6.07, 6.45) is 4.07. The third-order valence-corrected chi connectivity index (χ3v) is 8.13. The summed E-state index contributed by atoms with van der Waals surface area (Å²) in [4.78, 5) is 30.0. The number of nitrogens with one attached hydrogen (secondary N) is 1. The summed E-state index contributed by atoms with van der Waals surface area (Å²) >= 11 is 3.42. The second-order valence-corrected chi connectivity index (χ2v) is 12.7. The summed E-state index contributed by atoms with van der Waals surface area (Å²) in [5.41, 5.74) is 3.76. The number of fused-ring (bicyclic) bond motifs is 3. The fourth-order valence-electron chi connectivity index (χ4n) is 4.52. The molecule has 0 saturated heterocycles. The number of amides is 1. The summed E-state index contributed by atoms with van der Waals surface area (Å²) in [6.45, 7) is 9.40. The van der Waals surface area contributed by atoms with E-state index in [9.17, 15) is 9.59 Å². The topological polar surface area (TPSA) is 94.3 Å². The van der Waals surface area contributed by atoms with Gasteiger partial charge in [-0.15, -0.1) is 11.3 Å². The number of carbonyl (C=O) groups excluding carboxylic acids is 1. The molecule has 1 aromatic carbocycles. The van der Waals surface area contributed by atoms with Crippen LogP contribution in [0.15, 0.2) is 45.7 Å². The zero-order valence-corrected chi connectivity index (χ0v) is 23.2. The molecule has 0 atom stereocenters. The van der Waals surface area contributed by atoms with Crippen molar-refractivity contribution in [2.45, 2.75) is 57.0 Å². The second-order valence-electron chi connectivity index (χ2n) is 10.1. The fraction of sp³-hybridized carbons (Fsp3) is 0.385. The number of ether oxygens (including phenoxy) is 1. The smallest absolute Gasteiger partial charge is 0.412 e. The molecule has 5 rings (SSSR count). The minimum absolute atomic E-state index is 0.128. The summed E-state index contributed by atoms with van der Waals surface area (Å²) in [6, 6.07) is 7.36. The van der Waals surface area contributed by atoms with Gasteiger partial charge < -0.3 is 9.30 Å². The Kier molecular flexibility index (Phi) is 6.86. The summed E-state index contributed by atoms with van der Waals surface area (Å²) in [5, 5.41) is 9.24. The third-order valence-electron chi connectivity index (χ3n) is 6.09. The van der Waals surface area contributed by atoms with Crippen molar-refractivity contribution in [3.05, 3.63) is 68.8 Å². The normalized spacial score (nSPS) is 14.1. The molecule has 0 fully saturated rings. The van der Waals surface area contributed by atoms with E-state index in [-0.39, 0.29) is 5.56 Å². The van der Waals surface area contributed by atoms with Gasteiger partial charge in [0.25, 0.3) is 5.56 Å². The highest BCUT2D eigenvalue weighted by Gasteiger charge is 2.26. The van der Waals surface area contributed by atoms with Gasteiger partial charge in [0.15, 0.2) is 0 Å². The third kappa shape index (κ3) is 5.58. The SMILES string of the molecule is Cc1ncc(SN2CCc3c(n(C)c4c(=O)n(Cc5cccc(NC(=O)OC(C)(C)C)c5)ncc34)C2)s1. The molecule has 0 saturated carbocycles. The number of hydrogen-bond donors (Lipinski definition) is 1. The molecule has 4 heterocycles. The van der Waals surface area contributed by atoms with Crippen LogP contribution in [0.5, 0.6) is 0 Å². The molecular weight excluding hydrogens is 508 g/mol. The van der Waals surface area contributed by atoms with Crippen molar-refractivity contribution in [3.8, 4) is 0 Å². The van der Waals surface area contributed by atoms with Gasteiger partial charge in [-0.25, -0.2) is 18.8 Å². The van der Waals surface area contributed by atoms with E-state index in [4.69, 9.17) is 4.74 Å². The van der Waals surface area contributed by atoms with Crippen molar-refractivity contribution in [1.29, 1.82) is 0 Å². The van der Waals surface area contributed by atoms with Crippen LogP contribution >= 0.6 is 23.3 Å². The molecule has 0 spiro atoms. The van der Waals surface area contributed by atoms with Crippen molar-refractivity contribution in [1.82, 2.24) is 23.6 Å². The van der Waals surface area contributed by atoms with E-state index in [0.717, 1.165) is 41.2 Å². The molecule has 194 valence electrons. The minimum Gasteiger partial charge on any atom is -0.444 e. The van der Waals surface area contributed by atoms with Crippen LogP contribution < -0.4 is 10.9 Å². The van der Waals surface area contributed by atoms with Crippen LogP contribution in [-0.4, -0.2) is 41.9 Å². The van der Waals surface area contributed by atoms with E-state index in [2.05, 4.69) is 19.7 Å². The first-order chi connectivity index (χ1) is 17.6. The molecule has 37 heavy (non-hydrogen) atoms. The average molecular weight is 539 g/mol. The Morgan fingerprint density at radius 2 is 2.08 bits per heavy atom. The zero-order chi connectivity index (χ0) is 26.3. The van der Waals surface area contributed by atoms with Gasteiger partial charge in [0.2, 0.25) is 0 Å². The summed E-state index contributed by atoms with van der Waals surface area (Å²) < 4.78 is 12.3. The minimum atomic E-state index is -0.585. The number of hydrogen-bond acceptors (Lipinski definition) is 8. The molecule has 1 N–H and O–H groups in total. The van der Waals surface area contributed by atoms with Crippen LogP contribution in [-0.2, 0) is 31.3 Å². The monoisotopic (exact) mass is 538 g/mol. The van der Waals surface area contributed by atoms with Crippen LogP contribution in [0.25, 0.3) is 10.9 Å². The largest absolute Gasteiger partial charge is 0.444 e. The number of aryl methyl sites for hydroxylation is 2. The Morgan fingerprint density at radius 1 is 1.27 bits per heavy atom. The number of aromatic nitrogens is 4. The van der Waals surface area contributed by atoms with Crippen molar-refractivity contribution >= 4 is 46.0 Å². The van der Waals surface area contributed by atoms with E-state index < -0.39 is 11.7 Å². The van der Waals surface area contributed by atoms with E-state index >= 15 is 0 Å². The number of anilines is 1. The van der Waals surface area contributed by atoms with E-state index in [1.807, 2.05) is 69.9 Å². The molecule has 0 radical (unpaired) electrons. The Labute approximate surface area is 223 Å². The number of nitrogens with zero attached hydrogens (tertiary/aromatic N) is 5. The van der Waals surface area contributed by atoms with Gasteiger partial charge in [-0.3, -0.25) is 10.1 Å². The van der Waals surface area contributed by atoms with Gasteiger partial charge in [-0.05, 0) is 69.3 Å². The molecule has 1 aliphatic heterocycles. The predicted octanol–water partition coefficient (Wildman–Crippen LogP) is 4.96. The van der Waals surface area contributed by atoms with Gasteiger partial charge in [-0.1, -0.05) is 12.1 Å². The van der Waals surface area contributed by atoms with Gasteiger partial charge in [-0.2, -0.15) is 5.10 Å². The Morgan fingerprint density at radius 3 is 2.81 bits per heavy atom. The van der Waals surface area contributed by atoms with Gasteiger partial charge in [0.1, 0.15) is 11.1 Å². The standard InChI is InChI=1S/C26H30N6O3S2/c1-16-27-13-22(36-16)37-31-10-9-19-20-12-28-32(24(33)23(20)30(5)21(19)15-31)14-17-7-6-8-18(11-17)29-25(34)35-26(2,3)4/h6-8,11-13H,9-10,14-15H2,1-5H3,(H,29,34). The lowest BCUT2D eigenvalue weighted by atomic mass is 10.1. The molecule has 0 bridgehead atoms. The molecule has 1 amide bonds. The molecule has 1 aliphatic rings. The fourth-order valence-corrected chi connectivity index (χ4v) is 6.58. The quantitative estimate of drug-likeness (QED) is 0.359. The van der Waals surface area contributed by atoms with Crippen LogP contribution in [0.3, 0.4) is 0 Å². The highest BCUT2D eigenvalue weighted by Crippen LogP contribution is 2.35. The molecular formula is C26H30N6O3S2. The van der Waals surface area contributed by atoms with Gasteiger partial charge >= 0.3 is 6.09 Å². The highest BCUT2D eigenvalue weighted by molar-refractivity contribution is 7.98. The number of benzene rings is 1. The van der Waals surface area contributed by atoms with Gasteiger partial charge in [0.05, 0.1) is 34.7 Å². The van der Waals surface area contributed by atoms with E-state index in [0.29, 0.717) is 17.7 Å². The lowest BCUT2D eigenvalue weighted by molar-refractivity contribution is 0.0636. The Bertz CT molecular complexity index is 1530. The van der Waals surface area contributed by atoms with Crippen LogP contribution in [0.2, 0.25) is 0 Å². The predicted molar refractivity (Wildman–Crippen MR) is 147 cm³/mol. The summed E-state index contributed by atoms with van der Waals surface area (Å²) in [7, 11) is 1.96. The number of carbonyl (C=O) groups is 1. The number of thiazole rings is 1. The van der Waals surface area contributed by atoms with Crippen LogP contribution in [0.1, 0.15) is 42.6 Å².